The Balaban J connectivity index is 2.68. The monoisotopic (exact) mass is 270 g/mol. The van der Waals surface area contributed by atoms with Gasteiger partial charge in [-0.2, -0.15) is 0 Å². The van der Waals surface area contributed by atoms with Gasteiger partial charge in [0.15, 0.2) is 0 Å². The predicted octanol–water partition coefficient (Wildman–Crippen LogP) is 3.80. The molecule has 0 saturated carbocycles. The maximum atomic E-state index is 4.33. The van der Waals surface area contributed by atoms with E-state index in [9.17, 15) is 0 Å². The first-order valence-corrected chi connectivity index (χ1v) is 6.12. The molecule has 2 aromatic rings. The molecule has 0 aromatic carbocycles. The van der Waals surface area contributed by atoms with Gasteiger partial charge in [0.1, 0.15) is 5.82 Å². The van der Waals surface area contributed by atoms with Crippen molar-refractivity contribution in [3.8, 4) is 0 Å². The largest absolute Gasteiger partial charge is 0.369 e. The number of halogens is 1. The molecule has 4 heteroatoms. The molecule has 0 saturated heterocycles. The third kappa shape index (κ3) is 1.53. The van der Waals surface area contributed by atoms with E-state index in [2.05, 4.69) is 40.1 Å². The molecule has 0 bridgehead atoms. The first-order chi connectivity index (χ1) is 6.74. The maximum absolute atomic E-state index is 4.33. The molecule has 14 heavy (non-hydrogen) atoms. The lowest BCUT2D eigenvalue weighted by atomic mass is 10.3. The molecule has 2 heterocycles. The van der Waals surface area contributed by atoms with E-state index in [1.54, 1.807) is 11.3 Å². The second kappa shape index (κ2) is 3.87. The Morgan fingerprint density at radius 1 is 1.57 bits per heavy atom. The van der Waals surface area contributed by atoms with Gasteiger partial charge in [-0.15, -0.1) is 11.3 Å². The molecule has 0 radical (unpaired) electrons. The van der Waals surface area contributed by atoms with E-state index in [-0.39, 0.29) is 0 Å². The summed E-state index contributed by atoms with van der Waals surface area (Å²) in [5.41, 5.74) is 0. The smallest absolute Gasteiger partial charge is 0.143 e. The topological polar surface area (TPSA) is 24.9 Å². The summed E-state index contributed by atoms with van der Waals surface area (Å²) in [5, 5.41) is 4.52. The third-order valence-corrected chi connectivity index (χ3v) is 4.46. The van der Waals surface area contributed by atoms with Crippen molar-refractivity contribution in [3.63, 3.8) is 0 Å². The van der Waals surface area contributed by atoms with Crippen molar-refractivity contribution >= 4 is 43.2 Å². The minimum atomic E-state index is 0.903. The van der Waals surface area contributed by atoms with Gasteiger partial charge in [-0.05, 0) is 35.8 Å². The van der Waals surface area contributed by atoms with E-state index in [1.165, 1.54) is 19.4 Å². The molecule has 2 aromatic heterocycles. The summed E-state index contributed by atoms with van der Waals surface area (Å²) >= 11 is 5.36. The van der Waals surface area contributed by atoms with Crippen molar-refractivity contribution in [1.82, 2.24) is 4.98 Å². The number of pyridine rings is 1. The highest BCUT2D eigenvalue weighted by Crippen LogP contribution is 2.37. The van der Waals surface area contributed by atoms with Crippen LogP contribution in [0.2, 0.25) is 0 Å². The van der Waals surface area contributed by atoms with Crippen LogP contribution in [0.5, 0.6) is 0 Å². The summed E-state index contributed by atoms with van der Waals surface area (Å²) in [7, 11) is 0. The Labute approximate surface area is 95.5 Å². The molecule has 2 rings (SSSR count). The van der Waals surface area contributed by atoms with Crippen LogP contribution in [0.1, 0.15) is 11.8 Å². The summed E-state index contributed by atoms with van der Waals surface area (Å²) in [6.07, 6.45) is 1.84. The molecule has 0 unspecified atom stereocenters. The number of aromatic nitrogens is 1. The molecule has 0 aliphatic heterocycles. The molecule has 0 aliphatic rings. The van der Waals surface area contributed by atoms with E-state index in [0.29, 0.717) is 0 Å². The van der Waals surface area contributed by atoms with Crippen LogP contribution in [0.15, 0.2) is 16.7 Å². The standard InChI is InChI=1S/C10H11BrN2S/c1-3-12-10-9-7(4-5-13-10)8(11)6(2)14-9/h4-5H,3H2,1-2H3,(H,12,13). The Hall–Kier alpha value is -0.610. The van der Waals surface area contributed by atoms with Crippen LogP contribution in [-0.4, -0.2) is 11.5 Å². The van der Waals surface area contributed by atoms with E-state index in [0.717, 1.165) is 12.4 Å². The average Bonchev–Trinajstić information content (AvgIpc) is 2.46. The fourth-order valence-electron chi connectivity index (χ4n) is 1.41. The summed E-state index contributed by atoms with van der Waals surface area (Å²) < 4.78 is 2.43. The van der Waals surface area contributed by atoms with Gasteiger partial charge in [0, 0.05) is 27.5 Å². The van der Waals surface area contributed by atoms with Gasteiger partial charge in [-0.1, -0.05) is 0 Å². The quantitative estimate of drug-likeness (QED) is 0.898. The first-order valence-electron chi connectivity index (χ1n) is 4.51. The lowest BCUT2D eigenvalue weighted by molar-refractivity contribution is 1.17. The number of thiophene rings is 1. The zero-order valence-corrected chi connectivity index (χ0v) is 10.5. The predicted molar refractivity (Wildman–Crippen MR) is 66.2 cm³/mol. The summed E-state index contributed by atoms with van der Waals surface area (Å²) in [6, 6.07) is 2.05. The van der Waals surface area contributed by atoms with Crippen molar-refractivity contribution in [3.05, 3.63) is 21.6 Å². The van der Waals surface area contributed by atoms with Gasteiger partial charge >= 0.3 is 0 Å². The third-order valence-electron chi connectivity index (χ3n) is 2.05. The fraction of sp³-hybridized carbons (Fsp3) is 0.300. The normalized spacial score (nSPS) is 10.8. The van der Waals surface area contributed by atoms with Gasteiger partial charge in [0.25, 0.3) is 0 Å². The lowest BCUT2D eigenvalue weighted by Gasteiger charge is -2.02. The molecule has 74 valence electrons. The molecule has 2 nitrogen and oxygen atoms in total. The molecule has 0 atom stereocenters. The van der Waals surface area contributed by atoms with Crippen molar-refractivity contribution in [2.45, 2.75) is 13.8 Å². The van der Waals surface area contributed by atoms with Crippen LogP contribution in [0.4, 0.5) is 5.82 Å². The van der Waals surface area contributed by atoms with Gasteiger partial charge < -0.3 is 5.32 Å². The molecular formula is C10H11BrN2S. The van der Waals surface area contributed by atoms with Gasteiger partial charge in [-0.3, -0.25) is 0 Å². The molecule has 0 amide bonds. The van der Waals surface area contributed by atoms with Crippen molar-refractivity contribution in [2.24, 2.45) is 0 Å². The number of hydrogen-bond donors (Lipinski definition) is 1. The Kier molecular flexibility index (Phi) is 2.74. The Morgan fingerprint density at radius 2 is 2.36 bits per heavy atom. The number of hydrogen-bond acceptors (Lipinski definition) is 3. The Bertz CT molecular complexity index is 464. The SMILES string of the molecule is CCNc1nccc2c(Br)c(C)sc12. The van der Waals surface area contributed by atoms with Crippen LogP contribution < -0.4 is 5.32 Å². The van der Waals surface area contributed by atoms with Crippen LogP contribution in [-0.2, 0) is 0 Å². The van der Waals surface area contributed by atoms with Gasteiger partial charge in [-0.25, -0.2) is 4.98 Å². The second-order valence-electron chi connectivity index (χ2n) is 3.04. The lowest BCUT2D eigenvalue weighted by Crippen LogP contribution is -1.98. The minimum Gasteiger partial charge on any atom is -0.369 e. The van der Waals surface area contributed by atoms with Gasteiger partial charge in [0.2, 0.25) is 0 Å². The van der Waals surface area contributed by atoms with E-state index < -0.39 is 0 Å². The van der Waals surface area contributed by atoms with Crippen molar-refractivity contribution in [1.29, 1.82) is 0 Å². The fourth-order valence-corrected chi connectivity index (χ4v) is 3.12. The molecule has 0 aliphatic carbocycles. The number of nitrogens with one attached hydrogen (secondary N) is 1. The number of anilines is 1. The summed E-state index contributed by atoms with van der Waals surface area (Å²) in [5.74, 6) is 0.990. The van der Waals surface area contributed by atoms with E-state index in [1.807, 2.05) is 12.3 Å². The van der Waals surface area contributed by atoms with Crippen molar-refractivity contribution in [2.75, 3.05) is 11.9 Å². The Morgan fingerprint density at radius 3 is 3.07 bits per heavy atom. The van der Waals surface area contributed by atoms with E-state index >= 15 is 0 Å². The highest BCUT2D eigenvalue weighted by atomic mass is 79.9. The molecular weight excluding hydrogens is 260 g/mol. The maximum Gasteiger partial charge on any atom is 0.143 e. The number of fused-ring (bicyclic) bond motifs is 1. The average molecular weight is 271 g/mol. The highest BCUT2D eigenvalue weighted by molar-refractivity contribution is 9.10. The van der Waals surface area contributed by atoms with Crippen LogP contribution in [0.25, 0.3) is 10.1 Å². The molecule has 0 spiro atoms. The number of nitrogens with zero attached hydrogens (tertiary/aromatic N) is 1. The van der Waals surface area contributed by atoms with Crippen LogP contribution in [0, 0.1) is 6.92 Å². The van der Waals surface area contributed by atoms with Crippen LogP contribution in [0.3, 0.4) is 0 Å². The van der Waals surface area contributed by atoms with Crippen molar-refractivity contribution < 1.29 is 0 Å². The first kappa shape index (κ1) is 9.93. The summed E-state index contributed by atoms with van der Waals surface area (Å²) in [6.45, 7) is 5.10. The molecule has 0 fully saturated rings. The van der Waals surface area contributed by atoms with Crippen LogP contribution >= 0.6 is 27.3 Å². The zero-order chi connectivity index (χ0) is 10.1. The summed E-state index contributed by atoms with van der Waals surface area (Å²) in [4.78, 5) is 5.63. The number of aryl methyl sites for hydroxylation is 1. The highest BCUT2D eigenvalue weighted by Gasteiger charge is 2.09. The zero-order valence-electron chi connectivity index (χ0n) is 8.10. The number of rotatable bonds is 2. The van der Waals surface area contributed by atoms with E-state index in [4.69, 9.17) is 0 Å². The minimum absolute atomic E-state index is 0.903. The second-order valence-corrected chi connectivity index (χ2v) is 5.06. The van der Waals surface area contributed by atoms with Gasteiger partial charge in [0.05, 0.1) is 4.70 Å². The molecule has 1 N–H and O–H groups in total.